The lowest BCUT2D eigenvalue weighted by Gasteiger charge is -2.32. The Morgan fingerprint density at radius 3 is 2.68 bits per heavy atom. The minimum atomic E-state index is -0.431. The highest BCUT2D eigenvalue weighted by Crippen LogP contribution is 2.28. The van der Waals surface area contributed by atoms with Crippen molar-refractivity contribution in [1.82, 2.24) is 0 Å². The van der Waals surface area contributed by atoms with Crippen molar-refractivity contribution in [3.05, 3.63) is 71.3 Å². The van der Waals surface area contributed by atoms with E-state index in [0.29, 0.717) is 6.42 Å². The van der Waals surface area contributed by atoms with Crippen LogP contribution in [-0.4, -0.2) is 23.8 Å². The zero-order valence-electron chi connectivity index (χ0n) is 12.2. The molecule has 2 aliphatic rings. The highest BCUT2D eigenvalue weighted by molar-refractivity contribution is 6.09. The van der Waals surface area contributed by atoms with Gasteiger partial charge in [0.1, 0.15) is 6.10 Å². The maximum Gasteiger partial charge on any atom is 0.331 e. The van der Waals surface area contributed by atoms with Crippen LogP contribution < -0.4 is 0 Å². The van der Waals surface area contributed by atoms with Crippen molar-refractivity contribution in [1.29, 1.82) is 0 Å². The van der Waals surface area contributed by atoms with E-state index < -0.39 is 6.04 Å². The van der Waals surface area contributed by atoms with Crippen LogP contribution >= 0.6 is 0 Å². The van der Waals surface area contributed by atoms with Gasteiger partial charge in [-0.15, -0.1) is 0 Å². The van der Waals surface area contributed by atoms with Crippen LogP contribution in [0.25, 0.3) is 0 Å². The normalized spacial score (nSPS) is 23.1. The molecule has 0 fully saturated rings. The first-order valence-electron chi connectivity index (χ1n) is 7.71. The highest BCUT2D eigenvalue weighted by atomic mass is 16.5. The quantitative estimate of drug-likeness (QED) is 0.798. The molecule has 0 saturated heterocycles. The number of ether oxygens (including phenoxy) is 1. The van der Waals surface area contributed by atoms with E-state index in [0.717, 1.165) is 29.7 Å². The molecule has 2 aromatic carbocycles. The number of aliphatic imine (C=N–C) groups is 1. The largest absolute Gasteiger partial charge is 0.454 e. The topological polar surface area (TPSA) is 38.7 Å². The molecule has 1 aliphatic heterocycles. The molecule has 3 heteroatoms. The summed E-state index contributed by atoms with van der Waals surface area (Å²) in [5.41, 5.74) is 4.50. The van der Waals surface area contributed by atoms with E-state index in [1.807, 2.05) is 36.4 Å². The highest BCUT2D eigenvalue weighted by Gasteiger charge is 2.36. The van der Waals surface area contributed by atoms with Crippen molar-refractivity contribution in [2.75, 3.05) is 0 Å². The molecule has 2 atom stereocenters. The third-order valence-electron chi connectivity index (χ3n) is 4.37. The van der Waals surface area contributed by atoms with Gasteiger partial charge in [-0.05, 0) is 24.0 Å². The minimum Gasteiger partial charge on any atom is -0.454 e. The molecule has 0 saturated carbocycles. The Balaban J connectivity index is 1.69. The van der Waals surface area contributed by atoms with E-state index in [-0.39, 0.29) is 12.1 Å². The summed E-state index contributed by atoms with van der Waals surface area (Å²) in [6.45, 7) is 0. The Kier molecular flexibility index (Phi) is 3.26. The Morgan fingerprint density at radius 2 is 1.82 bits per heavy atom. The predicted molar refractivity (Wildman–Crippen MR) is 85.1 cm³/mol. The molecular weight excluding hydrogens is 274 g/mol. The molecule has 0 N–H and O–H groups in total. The van der Waals surface area contributed by atoms with Crippen molar-refractivity contribution in [3.63, 3.8) is 0 Å². The lowest BCUT2D eigenvalue weighted by atomic mass is 9.87. The van der Waals surface area contributed by atoms with Gasteiger partial charge in [0.05, 0.1) is 5.71 Å². The van der Waals surface area contributed by atoms with Gasteiger partial charge in [0, 0.05) is 12.0 Å². The van der Waals surface area contributed by atoms with Gasteiger partial charge < -0.3 is 4.74 Å². The molecule has 0 bridgehead atoms. The second kappa shape index (κ2) is 5.41. The molecule has 0 unspecified atom stereocenters. The number of fused-ring (bicyclic) bond motifs is 3. The summed E-state index contributed by atoms with van der Waals surface area (Å²) in [5.74, 6) is -0.197. The van der Waals surface area contributed by atoms with Crippen LogP contribution in [-0.2, 0) is 22.4 Å². The SMILES string of the molecule is O=C1O[C@H]2CCc3ccccc3C2=N[C@H]1Cc1ccccc1. The zero-order chi connectivity index (χ0) is 14.9. The van der Waals surface area contributed by atoms with Crippen molar-refractivity contribution in [3.8, 4) is 0 Å². The van der Waals surface area contributed by atoms with E-state index in [1.165, 1.54) is 5.56 Å². The third kappa shape index (κ3) is 2.33. The van der Waals surface area contributed by atoms with E-state index in [9.17, 15) is 4.79 Å². The molecule has 4 rings (SSSR count). The Hall–Kier alpha value is -2.42. The van der Waals surface area contributed by atoms with Crippen LogP contribution in [0.4, 0.5) is 0 Å². The smallest absolute Gasteiger partial charge is 0.331 e. The van der Waals surface area contributed by atoms with E-state index in [2.05, 4.69) is 18.2 Å². The fourth-order valence-electron chi connectivity index (χ4n) is 3.26. The average Bonchev–Trinajstić information content (AvgIpc) is 2.56. The first kappa shape index (κ1) is 13.3. The molecule has 0 radical (unpaired) electrons. The molecule has 2 aromatic rings. The maximum absolute atomic E-state index is 12.2. The van der Waals surface area contributed by atoms with E-state index >= 15 is 0 Å². The van der Waals surface area contributed by atoms with Gasteiger partial charge in [0.2, 0.25) is 0 Å². The van der Waals surface area contributed by atoms with Crippen LogP contribution in [0.15, 0.2) is 59.6 Å². The van der Waals surface area contributed by atoms with Gasteiger partial charge in [-0.1, -0.05) is 54.6 Å². The third-order valence-corrected chi connectivity index (χ3v) is 4.37. The molecule has 3 nitrogen and oxygen atoms in total. The number of aryl methyl sites for hydroxylation is 1. The number of carbonyl (C=O) groups excluding carboxylic acids is 1. The van der Waals surface area contributed by atoms with Crippen molar-refractivity contribution in [2.45, 2.75) is 31.4 Å². The summed E-state index contributed by atoms with van der Waals surface area (Å²) < 4.78 is 5.66. The average molecular weight is 291 g/mol. The molecule has 1 aliphatic carbocycles. The molecule has 0 amide bonds. The van der Waals surface area contributed by atoms with Crippen LogP contribution in [0.5, 0.6) is 0 Å². The summed E-state index contributed by atoms with van der Waals surface area (Å²) in [6.07, 6.45) is 2.20. The summed E-state index contributed by atoms with van der Waals surface area (Å²) in [4.78, 5) is 17.0. The lowest BCUT2D eigenvalue weighted by molar-refractivity contribution is -0.149. The van der Waals surface area contributed by atoms with Crippen molar-refractivity contribution >= 4 is 11.7 Å². The standard InChI is InChI=1S/C19H17NO2/c21-19-16(12-13-6-2-1-3-7-13)20-18-15-9-5-4-8-14(15)10-11-17(18)22-19/h1-9,16-17H,10-12H2/t16-,17-/m0/s1. The summed E-state index contributed by atoms with van der Waals surface area (Å²) >= 11 is 0. The van der Waals surface area contributed by atoms with E-state index in [1.54, 1.807) is 0 Å². The number of esters is 1. The van der Waals surface area contributed by atoms with Gasteiger partial charge in [-0.2, -0.15) is 0 Å². The Labute approximate surface area is 129 Å². The number of carbonyl (C=O) groups is 1. The molecule has 22 heavy (non-hydrogen) atoms. The second-order valence-electron chi connectivity index (χ2n) is 5.84. The molecule has 0 aromatic heterocycles. The minimum absolute atomic E-state index is 0.172. The monoisotopic (exact) mass is 291 g/mol. The van der Waals surface area contributed by atoms with Gasteiger partial charge >= 0.3 is 5.97 Å². The fourth-order valence-corrected chi connectivity index (χ4v) is 3.26. The Bertz CT molecular complexity index is 736. The summed E-state index contributed by atoms with van der Waals surface area (Å²) in [5, 5.41) is 0. The maximum atomic E-state index is 12.2. The number of benzene rings is 2. The van der Waals surface area contributed by atoms with Gasteiger partial charge in [0.25, 0.3) is 0 Å². The van der Waals surface area contributed by atoms with Crippen molar-refractivity contribution in [2.24, 2.45) is 4.99 Å². The van der Waals surface area contributed by atoms with Gasteiger partial charge in [0.15, 0.2) is 6.04 Å². The molecule has 0 spiro atoms. The number of rotatable bonds is 2. The van der Waals surface area contributed by atoms with Gasteiger partial charge in [-0.3, -0.25) is 4.99 Å². The molecule has 110 valence electrons. The number of nitrogens with zero attached hydrogens (tertiary/aromatic N) is 1. The lowest BCUT2D eigenvalue weighted by Crippen LogP contribution is -2.42. The number of hydrogen-bond acceptors (Lipinski definition) is 3. The van der Waals surface area contributed by atoms with E-state index in [4.69, 9.17) is 9.73 Å². The zero-order valence-corrected chi connectivity index (χ0v) is 12.2. The second-order valence-corrected chi connectivity index (χ2v) is 5.84. The predicted octanol–water partition coefficient (Wildman–Crippen LogP) is 2.96. The molecule has 1 heterocycles. The van der Waals surface area contributed by atoms with Crippen molar-refractivity contribution < 1.29 is 9.53 Å². The summed E-state index contributed by atoms with van der Waals surface area (Å²) in [7, 11) is 0. The first-order valence-corrected chi connectivity index (χ1v) is 7.71. The van der Waals surface area contributed by atoms with Crippen LogP contribution in [0.3, 0.4) is 0 Å². The van der Waals surface area contributed by atoms with Crippen LogP contribution in [0, 0.1) is 0 Å². The fraction of sp³-hybridized carbons (Fsp3) is 0.263. The van der Waals surface area contributed by atoms with Gasteiger partial charge in [-0.25, -0.2) is 4.79 Å². The van der Waals surface area contributed by atoms with Crippen LogP contribution in [0.2, 0.25) is 0 Å². The Morgan fingerprint density at radius 1 is 1.05 bits per heavy atom. The molecular formula is C19H17NO2. The van der Waals surface area contributed by atoms with Crippen LogP contribution in [0.1, 0.15) is 23.1 Å². The number of hydrogen-bond donors (Lipinski definition) is 0. The first-order chi connectivity index (χ1) is 10.8. The summed E-state index contributed by atoms with van der Waals surface area (Å²) in [6, 6.07) is 17.8.